The van der Waals surface area contributed by atoms with Gasteiger partial charge in [-0.2, -0.15) is 5.10 Å². The van der Waals surface area contributed by atoms with E-state index in [9.17, 15) is 0 Å². The van der Waals surface area contributed by atoms with Crippen LogP contribution in [-0.2, 0) is 4.74 Å². The molecular formula is C30H36N8O2. The number of hydrazone groups is 1. The predicted molar refractivity (Wildman–Crippen MR) is 158 cm³/mol. The van der Waals surface area contributed by atoms with Gasteiger partial charge < -0.3 is 20.1 Å². The van der Waals surface area contributed by atoms with Gasteiger partial charge in [0, 0.05) is 42.7 Å². The molecule has 3 unspecified atom stereocenters. The Morgan fingerprint density at radius 2 is 2.20 bits per heavy atom. The number of likely N-dealkylation sites (tertiary alicyclic amines) is 1. The zero-order chi connectivity index (χ0) is 27.6. The molecule has 2 saturated heterocycles. The van der Waals surface area contributed by atoms with Gasteiger partial charge in [0.1, 0.15) is 29.2 Å². The second-order valence-corrected chi connectivity index (χ2v) is 10.5. The maximum absolute atomic E-state index is 6.30. The van der Waals surface area contributed by atoms with E-state index < -0.39 is 0 Å². The number of ether oxygens (including phenoxy) is 2. The van der Waals surface area contributed by atoms with Crippen molar-refractivity contribution in [2.75, 3.05) is 30.4 Å². The molecule has 4 aliphatic rings. The van der Waals surface area contributed by atoms with Crippen LogP contribution in [0.15, 0.2) is 70.0 Å². The van der Waals surface area contributed by atoms with E-state index in [0.717, 1.165) is 72.4 Å². The van der Waals surface area contributed by atoms with Crippen molar-refractivity contribution >= 4 is 29.6 Å². The number of nitrogens with one attached hydrogen (secondary N) is 2. The maximum atomic E-state index is 6.30. The van der Waals surface area contributed by atoms with Gasteiger partial charge in [-0.1, -0.05) is 6.92 Å². The van der Waals surface area contributed by atoms with E-state index in [1.165, 1.54) is 5.57 Å². The van der Waals surface area contributed by atoms with Crippen LogP contribution in [0.25, 0.3) is 0 Å². The lowest BCUT2D eigenvalue weighted by Crippen LogP contribution is -2.46. The van der Waals surface area contributed by atoms with E-state index in [1.807, 2.05) is 55.6 Å². The van der Waals surface area contributed by atoms with E-state index in [2.05, 4.69) is 50.5 Å². The number of aliphatic imine (C=N–C) groups is 1. The van der Waals surface area contributed by atoms with Crippen molar-refractivity contribution in [1.29, 1.82) is 0 Å². The van der Waals surface area contributed by atoms with Gasteiger partial charge in [0.25, 0.3) is 0 Å². The molecule has 2 aromatic rings. The van der Waals surface area contributed by atoms with Crippen LogP contribution >= 0.6 is 0 Å². The van der Waals surface area contributed by atoms with Crippen LogP contribution in [0.5, 0.6) is 5.75 Å². The van der Waals surface area contributed by atoms with Crippen molar-refractivity contribution < 1.29 is 9.47 Å². The Balaban J connectivity index is 1.18. The van der Waals surface area contributed by atoms with Gasteiger partial charge in [0.2, 0.25) is 0 Å². The summed E-state index contributed by atoms with van der Waals surface area (Å²) in [5.41, 5.74) is 5.81. The van der Waals surface area contributed by atoms with Gasteiger partial charge in [-0.3, -0.25) is 9.89 Å². The quantitative estimate of drug-likeness (QED) is 0.465. The fraction of sp³-hybridized carbons (Fsp3) is 0.400. The molecule has 40 heavy (non-hydrogen) atoms. The largest absolute Gasteiger partial charge is 0.457 e. The van der Waals surface area contributed by atoms with E-state index >= 15 is 0 Å². The molecule has 0 amide bonds. The van der Waals surface area contributed by atoms with Crippen molar-refractivity contribution in [2.45, 2.75) is 52.9 Å². The number of nitrogens with zero attached hydrogens (tertiary/aromatic N) is 6. The fourth-order valence-corrected chi connectivity index (χ4v) is 5.59. The second-order valence-electron chi connectivity index (χ2n) is 10.5. The standard InChI is InChI=1S/C30H36N8O2/c1-5-19(3)25-14-23(10-12-38(25)34-6-2)40-27-8-7-22(13-20(27)4)35-29-28-24(32-18-33-29)15-31-30(36-28)37-11-9-21-16-39-17-26(21)37/h6-8,10,12-15,18,21,26,30,36H,5,9,11,16-17H2,1-4H3,(H,32,33,35)/b25-19?,34-6-. The lowest BCUT2D eigenvalue weighted by Gasteiger charge is -2.33. The Morgan fingerprint density at radius 3 is 3.02 bits per heavy atom. The Hall–Kier alpha value is -4.02. The molecule has 208 valence electrons. The summed E-state index contributed by atoms with van der Waals surface area (Å²) < 4.78 is 12.0. The first-order valence-electron chi connectivity index (χ1n) is 13.9. The summed E-state index contributed by atoms with van der Waals surface area (Å²) in [6.07, 6.45) is 13.0. The summed E-state index contributed by atoms with van der Waals surface area (Å²) in [6, 6.07) is 6.45. The van der Waals surface area contributed by atoms with Crippen molar-refractivity contribution in [3.8, 4) is 5.75 Å². The minimum atomic E-state index is -0.153. The third-order valence-electron chi connectivity index (χ3n) is 7.93. The minimum Gasteiger partial charge on any atom is -0.457 e. The predicted octanol–water partition coefficient (Wildman–Crippen LogP) is 5.16. The highest BCUT2D eigenvalue weighted by Gasteiger charge is 2.42. The topological polar surface area (TPSA) is 99.5 Å². The molecule has 1 aromatic heterocycles. The van der Waals surface area contributed by atoms with Gasteiger partial charge in [-0.05, 0) is 69.0 Å². The van der Waals surface area contributed by atoms with Crippen LogP contribution < -0.4 is 15.4 Å². The highest BCUT2D eigenvalue weighted by atomic mass is 16.5. The van der Waals surface area contributed by atoms with Crippen LogP contribution in [0.1, 0.15) is 44.9 Å². The molecule has 10 nitrogen and oxygen atoms in total. The molecule has 0 spiro atoms. The molecule has 0 bridgehead atoms. The van der Waals surface area contributed by atoms with Crippen LogP contribution in [-0.4, -0.2) is 64.4 Å². The summed E-state index contributed by atoms with van der Waals surface area (Å²) in [7, 11) is 0. The number of aryl methyl sites for hydroxylation is 1. The van der Waals surface area contributed by atoms with Crippen LogP contribution in [0.4, 0.5) is 17.2 Å². The Labute approximate surface area is 235 Å². The summed E-state index contributed by atoms with van der Waals surface area (Å²) in [5.74, 6) is 2.87. The smallest absolute Gasteiger partial charge is 0.176 e. The first kappa shape index (κ1) is 26.2. The van der Waals surface area contributed by atoms with Gasteiger partial charge in [-0.25, -0.2) is 15.0 Å². The Kier molecular flexibility index (Phi) is 7.36. The summed E-state index contributed by atoms with van der Waals surface area (Å²) in [4.78, 5) is 16.1. The molecule has 0 saturated carbocycles. The summed E-state index contributed by atoms with van der Waals surface area (Å²) in [6.45, 7) is 10.8. The zero-order valence-corrected chi connectivity index (χ0v) is 23.5. The number of hydrogen-bond acceptors (Lipinski definition) is 10. The number of fused-ring (bicyclic) bond motifs is 2. The number of hydrogen-bond donors (Lipinski definition) is 2. The molecule has 2 N–H and O–H groups in total. The van der Waals surface area contributed by atoms with Crippen LogP contribution in [0.2, 0.25) is 0 Å². The van der Waals surface area contributed by atoms with E-state index in [-0.39, 0.29) is 6.29 Å². The lowest BCUT2D eigenvalue weighted by atomic mass is 10.1. The number of allylic oxidation sites excluding steroid dienone is 3. The second kappa shape index (κ2) is 11.2. The Morgan fingerprint density at radius 1 is 1.30 bits per heavy atom. The molecule has 5 heterocycles. The van der Waals surface area contributed by atoms with Gasteiger partial charge in [0.05, 0.1) is 25.1 Å². The Bertz CT molecular complexity index is 1430. The number of aromatic nitrogens is 2. The average molecular weight is 541 g/mol. The van der Waals surface area contributed by atoms with Crippen LogP contribution in [0, 0.1) is 12.8 Å². The first-order chi connectivity index (χ1) is 19.5. The molecule has 3 atom stereocenters. The molecule has 4 aliphatic heterocycles. The highest BCUT2D eigenvalue weighted by molar-refractivity contribution is 5.92. The van der Waals surface area contributed by atoms with Gasteiger partial charge in [-0.15, -0.1) is 0 Å². The SMILES string of the molecule is C/C=N\N1C=CC(Oc2ccc(Nc3ncnc4c3NC(N3CCC5COCC53)N=C4)cc2C)=CC1=C(C)CC. The molecule has 1 aromatic carbocycles. The van der Waals surface area contributed by atoms with Crippen molar-refractivity contribution in [3.05, 3.63) is 71.2 Å². The lowest BCUT2D eigenvalue weighted by molar-refractivity contribution is 0.131. The van der Waals surface area contributed by atoms with Gasteiger partial charge in [0.15, 0.2) is 12.1 Å². The normalized spacial score (nSPS) is 25.1. The first-order valence-corrected chi connectivity index (χ1v) is 13.9. The van der Waals surface area contributed by atoms with Crippen molar-refractivity contribution in [1.82, 2.24) is 19.9 Å². The van der Waals surface area contributed by atoms with E-state index in [0.29, 0.717) is 17.8 Å². The third-order valence-corrected chi connectivity index (χ3v) is 7.93. The molecule has 0 radical (unpaired) electrons. The van der Waals surface area contributed by atoms with Gasteiger partial charge >= 0.3 is 0 Å². The number of rotatable bonds is 7. The molecule has 6 rings (SSSR count). The molecule has 0 aliphatic carbocycles. The molecule has 2 fully saturated rings. The van der Waals surface area contributed by atoms with Crippen LogP contribution in [0.3, 0.4) is 0 Å². The number of anilines is 3. The fourth-order valence-electron chi connectivity index (χ4n) is 5.59. The van der Waals surface area contributed by atoms with E-state index in [4.69, 9.17) is 14.5 Å². The van der Waals surface area contributed by atoms with Crippen molar-refractivity contribution in [3.63, 3.8) is 0 Å². The zero-order valence-electron chi connectivity index (χ0n) is 23.5. The third kappa shape index (κ3) is 5.12. The average Bonchev–Trinajstić information content (AvgIpc) is 3.59. The maximum Gasteiger partial charge on any atom is 0.176 e. The monoisotopic (exact) mass is 540 g/mol. The highest BCUT2D eigenvalue weighted by Crippen LogP contribution is 2.35. The minimum absolute atomic E-state index is 0.153. The molecule has 10 heteroatoms. The molecular weight excluding hydrogens is 504 g/mol. The summed E-state index contributed by atoms with van der Waals surface area (Å²) >= 11 is 0. The van der Waals surface area contributed by atoms with Crippen molar-refractivity contribution in [2.24, 2.45) is 16.0 Å². The summed E-state index contributed by atoms with van der Waals surface area (Å²) in [5, 5.41) is 13.4. The number of benzene rings is 1. The van der Waals surface area contributed by atoms with E-state index in [1.54, 1.807) is 12.5 Å².